The maximum absolute atomic E-state index is 5.17. The van der Waals surface area contributed by atoms with Crippen LogP contribution in [0.2, 0.25) is 0 Å². The second-order valence-electron chi connectivity index (χ2n) is 17.0. The smallest absolute Gasteiger partial charge is 0.164 e. The lowest BCUT2D eigenvalue weighted by molar-refractivity contribution is 0.802. The van der Waals surface area contributed by atoms with Gasteiger partial charge in [-0.25, -0.2) is 15.0 Å². The second-order valence-corrected chi connectivity index (χ2v) is 17.0. The van der Waals surface area contributed by atoms with E-state index in [-0.39, 0.29) is 0 Å². The minimum absolute atomic E-state index is 0.508. The maximum Gasteiger partial charge on any atom is 0.164 e. The van der Waals surface area contributed by atoms with Gasteiger partial charge in [0.25, 0.3) is 0 Å². The highest BCUT2D eigenvalue weighted by Crippen LogP contribution is 2.64. The molecule has 0 unspecified atom stereocenters. The zero-order chi connectivity index (χ0) is 41.9. The van der Waals surface area contributed by atoms with Gasteiger partial charge in [0.15, 0.2) is 17.5 Å². The number of nitrogens with zero attached hydrogens (tertiary/aromatic N) is 4. The summed E-state index contributed by atoms with van der Waals surface area (Å²) in [6.07, 6.45) is 0. The Morgan fingerprint density at radius 1 is 0.312 bits per heavy atom. The van der Waals surface area contributed by atoms with E-state index in [1.807, 2.05) is 36.4 Å². The standard InChI is InChI=1S/C60H36N4/c1-3-18-38(19-4-1)57-61-58(39-20-5-2-6-21-39)63-59(62-57)47-33-34-54(44-26-10-9-23-41(44)47)64-53-30-16-13-27-45(53)49-35-48-46-32-31-37-17-7-8-22-40(37)56(46)60(52(48)36-55(49)64)50-28-14-11-24-42(50)43-25-12-15-29-51(43)60/h1-36H. The molecule has 14 rings (SSSR count). The van der Waals surface area contributed by atoms with E-state index in [2.05, 4.69) is 187 Å². The highest BCUT2D eigenvalue weighted by molar-refractivity contribution is 6.15. The van der Waals surface area contributed by atoms with Crippen molar-refractivity contribution in [3.05, 3.63) is 241 Å². The molecule has 0 atom stereocenters. The van der Waals surface area contributed by atoms with E-state index in [9.17, 15) is 0 Å². The van der Waals surface area contributed by atoms with Crippen LogP contribution in [0.4, 0.5) is 0 Å². The zero-order valence-electron chi connectivity index (χ0n) is 34.6. The Labute approximate surface area is 369 Å². The fourth-order valence-electron chi connectivity index (χ4n) is 11.2. The number of para-hydroxylation sites is 1. The molecule has 2 heterocycles. The number of hydrogen-bond donors (Lipinski definition) is 0. The molecule has 4 heteroatoms. The normalized spacial score (nSPS) is 13.1. The molecule has 0 N–H and O–H groups in total. The summed E-state index contributed by atoms with van der Waals surface area (Å²) >= 11 is 0. The molecule has 10 aromatic carbocycles. The molecule has 2 aliphatic rings. The van der Waals surface area contributed by atoms with E-state index in [4.69, 9.17) is 15.0 Å². The van der Waals surface area contributed by atoms with Crippen molar-refractivity contribution in [3.63, 3.8) is 0 Å². The largest absolute Gasteiger partial charge is 0.309 e. The van der Waals surface area contributed by atoms with Crippen molar-refractivity contribution in [2.45, 2.75) is 5.41 Å². The summed E-state index contributed by atoms with van der Waals surface area (Å²) in [5, 5.41) is 7.20. The average Bonchev–Trinajstić information content (AvgIpc) is 3.97. The summed E-state index contributed by atoms with van der Waals surface area (Å²) in [5.41, 5.74) is 16.4. The number of benzene rings is 10. The third-order valence-corrected chi connectivity index (χ3v) is 13.8. The summed E-state index contributed by atoms with van der Waals surface area (Å²) in [6.45, 7) is 0. The molecule has 0 aliphatic heterocycles. The van der Waals surface area contributed by atoms with Crippen LogP contribution >= 0.6 is 0 Å². The summed E-state index contributed by atoms with van der Waals surface area (Å²) in [7, 11) is 0. The van der Waals surface area contributed by atoms with Crippen molar-refractivity contribution < 1.29 is 0 Å². The maximum atomic E-state index is 5.17. The van der Waals surface area contributed by atoms with Gasteiger partial charge in [0.1, 0.15) is 0 Å². The van der Waals surface area contributed by atoms with Crippen LogP contribution in [0.5, 0.6) is 0 Å². The van der Waals surface area contributed by atoms with Crippen molar-refractivity contribution in [1.82, 2.24) is 19.5 Å². The Balaban J connectivity index is 1.06. The monoisotopic (exact) mass is 812 g/mol. The molecule has 1 spiro atoms. The third-order valence-electron chi connectivity index (χ3n) is 13.8. The lowest BCUT2D eigenvalue weighted by atomic mass is 9.69. The fraction of sp³-hybridized carbons (Fsp3) is 0.0167. The fourth-order valence-corrected chi connectivity index (χ4v) is 11.2. The first-order valence-electron chi connectivity index (χ1n) is 21.9. The molecular formula is C60H36N4. The Bertz CT molecular complexity index is 3800. The quantitative estimate of drug-likeness (QED) is 0.178. The van der Waals surface area contributed by atoms with Crippen LogP contribution in [-0.4, -0.2) is 19.5 Å². The van der Waals surface area contributed by atoms with E-state index in [0.717, 1.165) is 38.7 Å². The molecule has 64 heavy (non-hydrogen) atoms. The van der Waals surface area contributed by atoms with Gasteiger partial charge in [-0.05, 0) is 91.0 Å². The summed E-state index contributed by atoms with van der Waals surface area (Å²) in [6, 6.07) is 79.3. The van der Waals surface area contributed by atoms with Gasteiger partial charge in [-0.15, -0.1) is 0 Å². The first kappa shape index (κ1) is 35.2. The number of rotatable bonds is 4. The predicted octanol–water partition coefficient (Wildman–Crippen LogP) is 14.6. The molecular weight excluding hydrogens is 777 g/mol. The minimum atomic E-state index is -0.508. The minimum Gasteiger partial charge on any atom is -0.309 e. The van der Waals surface area contributed by atoms with Crippen LogP contribution < -0.4 is 0 Å². The van der Waals surface area contributed by atoms with Crippen molar-refractivity contribution in [2.24, 2.45) is 0 Å². The predicted molar refractivity (Wildman–Crippen MR) is 262 cm³/mol. The van der Waals surface area contributed by atoms with Crippen molar-refractivity contribution in [1.29, 1.82) is 0 Å². The molecule has 2 aliphatic carbocycles. The van der Waals surface area contributed by atoms with E-state index >= 15 is 0 Å². The summed E-state index contributed by atoms with van der Waals surface area (Å²) in [5.74, 6) is 1.93. The van der Waals surface area contributed by atoms with Crippen LogP contribution in [0, 0.1) is 0 Å². The lowest BCUT2D eigenvalue weighted by Gasteiger charge is -2.31. The Morgan fingerprint density at radius 2 is 0.859 bits per heavy atom. The Hall–Kier alpha value is -8.47. The van der Waals surface area contributed by atoms with Crippen molar-refractivity contribution >= 4 is 43.4 Å². The SMILES string of the molecule is c1ccc(-c2nc(-c3ccccc3)nc(-c3ccc(-n4c5ccccc5c5cc6c(cc54)C4(c5ccccc5-c5ccccc54)c4c-6ccc5ccccc45)c4ccccc34)n2)cc1. The molecule has 0 amide bonds. The van der Waals surface area contributed by atoms with E-state index in [1.54, 1.807) is 0 Å². The third kappa shape index (κ3) is 4.74. The molecule has 0 saturated heterocycles. The molecule has 2 aromatic heterocycles. The molecule has 12 aromatic rings. The van der Waals surface area contributed by atoms with Gasteiger partial charge in [-0.3, -0.25) is 0 Å². The van der Waals surface area contributed by atoms with Crippen LogP contribution in [0.15, 0.2) is 218 Å². The van der Waals surface area contributed by atoms with Crippen LogP contribution in [0.1, 0.15) is 22.3 Å². The van der Waals surface area contributed by atoms with E-state index in [0.29, 0.717) is 17.5 Å². The first-order chi connectivity index (χ1) is 31.8. The van der Waals surface area contributed by atoms with Gasteiger partial charge >= 0.3 is 0 Å². The van der Waals surface area contributed by atoms with Gasteiger partial charge in [0.2, 0.25) is 0 Å². The molecule has 0 radical (unpaired) electrons. The number of hydrogen-bond acceptors (Lipinski definition) is 3. The average molecular weight is 813 g/mol. The lowest BCUT2D eigenvalue weighted by Crippen LogP contribution is -2.26. The van der Waals surface area contributed by atoms with Crippen LogP contribution in [0.3, 0.4) is 0 Å². The highest BCUT2D eigenvalue weighted by atomic mass is 15.0. The van der Waals surface area contributed by atoms with Gasteiger partial charge in [0, 0.05) is 32.8 Å². The molecule has 4 nitrogen and oxygen atoms in total. The van der Waals surface area contributed by atoms with Crippen molar-refractivity contribution in [3.8, 4) is 62.1 Å². The van der Waals surface area contributed by atoms with Gasteiger partial charge in [-0.2, -0.15) is 0 Å². The summed E-state index contributed by atoms with van der Waals surface area (Å²) < 4.78 is 2.50. The second kappa shape index (κ2) is 13.3. The summed E-state index contributed by atoms with van der Waals surface area (Å²) in [4.78, 5) is 15.3. The topological polar surface area (TPSA) is 43.6 Å². The van der Waals surface area contributed by atoms with Gasteiger partial charge in [-0.1, -0.05) is 188 Å². The first-order valence-corrected chi connectivity index (χ1v) is 21.9. The highest BCUT2D eigenvalue weighted by Gasteiger charge is 2.52. The number of fused-ring (bicyclic) bond motifs is 16. The van der Waals surface area contributed by atoms with E-state index in [1.165, 1.54) is 71.6 Å². The van der Waals surface area contributed by atoms with Crippen LogP contribution in [0.25, 0.3) is 105 Å². The van der Waals surface area contributed by atoms with Gasteiger partial charge in [0.05, 0.1) is 22.1 Å². The molecule has 0 bridgehead atoms. The van der Waals surface area contributed by atoms with E-state index < -0.39 is 5.41 Å². The van der Waals surface area contributed by atoms with Gasteiger partial charge < -0.3 is 4.57 Å². The Kier molecular flexibility index (Phi) is 7.29. The van der Waals surface area contributed by atoms with Crippen LogP contribution in [-0.2, 0) is 5.41 Å². The molecule has 296 valence electrons. The molecule has 0 fully saturated rings. The van der Waals surface area contributed by atoms with Crippen molar-refractivity contribution in [2.75, 3.05) is 0 Å². The number of aromatic nitrogens is 4. The Morgan fingerprint density at radius 3 is 1.56 bits per heavy atom. The zero-order valence-corrected chi connectivity index (χ0v) is 34.6. The molecule has 0 saturated carbocycles.